The fourth-order valence-electron chi connectivity index (χ4n) is 5.10. The van der Waals surface area contributed by atoms with E-state index in [0.29, 0.717) is 24.5 Å². The van der Waals surface area contributed by atoms with Gasteiger partial charge in [0.05, 0.1) is 25.7 Å². The topological polar surface area (TPSA) is 24.9 Å². The van der Waals surface area contributed by atoms with Crippen molar-refractivity contribution in [2.24, 2.45) is 0 Å². The number of rotatable bonds is 11. The van der Waals surface area contributed by atoms with Gasteiger partial charge in [0.15, 0.2) is 11.5 Å². The Kier molecular flexibility index (Phi) is 8.90. The predicted molar refractivity (Wildman–Crippen MR) is 150 cm³/mol. The maximum Gasteiger partial charge on any atom is 0.416 e. The number of likely N-dealkylation sites (tertiary alicyclic amines) is 1. The number of alkyl halides is 3. The summed E-state index contributed by atoms with van der Waals surface area (Å²) in [5.74, 6) is 1.01. The van der Waals surface area contributed by atoms with Gasteiger partial charge in [-0.25, -0.2) is 0 Å². The maximum absolute atomic E-state index is 13.1. The molecule has 4 nitrogen and oxygen atoms in total. The molecule has 4 rings (SSSR count). The number of methoxy groups -OCH3 is 2. The van der Waals surface area contributed by atoms with Crippen molar-refractivity contribution < 1.29 is 22.6 Å². The maximum atomic E-state index is 13.1. The molecule has 3 aromatic rings. The summed E-state index contributed by atoms with van der Waals surface area (Å²) >= 11 is 0. The highest BCUT2D eigenvalue weighted by molar-refractivity contribution is 5.61. The lowest BCUT2D eigenvalue weighted by Crippen LogP contribution is -2.32. The molecule has 0 saturated carbocycles. The molecule has 206 valence electrons. The third kappa shape index (κ3) is 6.59. The number of hydrogen-bond acceptors (Lipinski definition) is 4. The first-order chi connectivity index (χ1) is 18.7. The van der Waals surface area contributed by atoms with Crippen LogP contribution >= 0.6 is 0 Å². The second-order valence-electron chi connectivity index (χ2n) is 9.66. The van der Waals surface area contributed by atoms with Gasteiger partial charge < -0.3 is 19.3 Å². The van der Waals surface area contributed by atoms with Gasteiger partial charge in [-0.1, -0.05) is 55.6 Å². The highest BCUT2D eigenvalue weighted by Crippen LogP contribution is 2.40. The number of ether oxygens (including phenoxy) is 2. The summed E-state index contributed by atoms with van der Waals surface area (Å²) < 4.78 is 50.3. The molecule has 1 unspecified atom stereocenters. The second-order valence-corrected chi connectivity index (χ2v) is 9.66. The summed E-state index contributed by atoms with van der Waals surface area (Å²) in [5.41, 5.74) is 3.90. The Morgan fingerprint density at radius 1 is 0.897 bits per heavy atom. The van der Waals surface area contributed by atoms with Gasteiger partial charge in [-0.15, -0.1) is 0 Å². The van der Waals surface area contributed by atoms with Crippen LogP contribution < -0.4 is 14.4 Å². The molecule has 0 amide bonds. The van der Waals surface area contributed by atoms with E-state index in [2.05, 4.69) is 35.1 Å². The SMILES string of the molecule is C=C(C(C(=C)N(CCc1ccc(C(F)(F)F)cc1)c1ccc(OC)c(OC)c1)c1ccccc1)N1CCCC1. The average Bonchev–Trinajstić information content (AvgIpc) is 3.49. The lowest BCUT2D eigenvalue weighted by molar-refractivity contribution is -0.137. The van der Waals surface area contributed by atoms with Crippen molar-refractivity contribution in [1.82, 2.24) is 4.90 Å². The monoisotopic (exact) mass is 536 g/mol. The van der Waals surface area contributed by atoms with Gasteiger partial charge >= 0.3 is 6.18 Å². The Labute approximate surface area is 229 Å². The molecule has 7 heteroatoms. The van der Waals surface area contributed by atoms with Gasteiger partial charge in [0.1, 0.15) is 0 Å². The van der Waals surface area contributed by atoms with Crippen molar-refractivity contribution in [3.05, 3.63) is 114 Å². The molecule has 0 spiro atoms. The van der Waals surface area contributed by atoms with Crippen molar-refractivity contribution in [2.45, 2.75) is 31.4 Å². The summed E-state index contributed by atoms with van der Waals surface area (Å²) in [4.78, 5) is 4.43. The van der Waals surface area contributed by atoms with Gasteiger partial charge in [-0.05, 0) is 54.7 Å². The first-order valence-electron chi connectivity index (χ1n) is 13.1. The standard InChI is InChI=1S/C32H35F3N2O2/c1-23(36-19-8-9-20-36)31(26-10-6-5-7-11-26)24(2)37(28-16-17-29(38-3)30(22-28)39-4)21-18-25-12-14-27(15-13-25)32(33,34)35/h5-7,10-17,22,31H,1-2,8-9,18-21H2,3-4H3. The minimum absolute atomic E-state index is 0.176. The minimum atomic E-state index is -4.36. The zero-order valence-electron chi connectivity index (χ0n) is 22.5. The van der Waals surface area contributed by atoms with Crippen LogP contribution in [0.3, 0.4) is 0 Å². The number of benzene rings is 3. The van der Waals surface area contributed by atoms with Crippen LogP contribution in [0.2, 0.25) is 0 Å². The summed E-state index contributed by atoms with van der Waals surface area (Å²) in [6.07, 6.45) is -1.60. The van der Waals surface area contributed by atoms with E-state index < -0.39 is 11.7 Å². The van der Waals surface area contributed by atoms with Crippen LogP contribution in [0.5, 0.6) is 11.5 Å². The molecule has 0 radical (unpaired) electrons. The fourth-order valence-corrected chi connectivity index (χ4v) is 5.10. The minimum Gasteiger partial charge on any atom is -0.493 e. The van der Waals surface area contributed by atoms with Crippen LogP contribution in [0.25, 0.3) is 0 Å². The lowest BCUT2D eigenvalue weighted by Gasteiger charge is -2.36. The van der Waals surface area contributed by atoms with E-state index in [0.717, 1.165) is 66.3 Å². The molecule has 0 N–H and O–H groups in total. The third-order valence-corrected chi connectivity index (χ3v) is 7.24. The smallest absolute Gasteiger partial charge is 0.416 e. The van der Waals surface area contributed by atoms with Crippen LogP contribution in [0.1, 0.15) is 35.4 Å². The summed E-state index contributed by atoms with van der Waals surface area (Å²) in [6, 6.07) is 21.2. The fraction of sp³-hybridized carbons (Fsp3) is 0.312. The van der Waals surface area contributed by atoms with Crippen molar-refractivity contribution in [2.75, 3.05) is 38.8 Å². The largest absolute Gasteiger partial charge is 0.493 e. The first kappa shape index (κ1) is 28.1. The zero-order valence-corrected chi connectivity index (χ0v) is 22.5. The van der Waals surface area contributed by atoms with Crippen LogP contribution in [0.4, 0.5) is 18.9 Å². The Balaban J connectivity index is 1.70. The van der Waals surface area contributed by atoms with Crippen molar-refractivity contribution in [3.63, 3.8) is 0 Å². The molecular weight excluding hydrogens is 501 g/mol. The Hall–Kier alpha value is -3.87. The first-order valence-corrected chi connectivity index (χ1v) is 13.1. The van der Waals surface area contributed by atoms with Crippen LogP contribution in [0.15, 0.2) is 97.3 Å². The van der Waals surface area contributed by atoms with Gasteiger partial charge in [-0.2, -0.15) is 13.2 Å². The molecule has 1 heterocycles. The van der Waals surface area contributed by atoms with E-state index in [1.165, 1.54) is 12.1 Å². The molecule has 3 aromatic carbocycles. The third-order valence-electron chi connectivity index (χ3n) is 7.24. The van der Waals surface area contributed by atoms with Crippen molar-refractivity contribution in [1.29, 1.82) is 0 Å². The van der Waals surface area contributed by atoms with Gasteiger partial charge in [0, 0.05) is 42.8 Å². The number of nitrogens with zero attached hydrogens (tertiary/aromatic N) is 2. The van der Waals surface area contributed by atoms with Crippen molar-refractivity contribution in [3.8, 4) is 11.5 Å². The van der Waals surface area contributed by atoms with Crippen LogP contribution in [0, 0.1) is 0 Å². The Bertz CT molecular complexity index is 1270. The Morgan fingerprint density at radius 2 is 1.54 bits per heavy atom. The number of anilines is 1. The molecular formula is C32H35F3N2O2. The van der Waals surface area contributed by atoms with Crippen molar-refractivity contribution >= 4 is 5.69 Å². The Morgan fingerprint density at radius 3 is 2.13 bits per heavy atom. The lowest BCUT2D eigenvalue weighted by atomic mass is 9.91. The zero-order chi connectivity index (χ0) is 28.0. The summed E-state index contributed by atoms with van der Waals surface area (Å²) in [7, 11) is 3.18. The molecule has 1 saturated heterocycles. The predicted octanol–water partition coefficient (Wildman–Crippen LogP) is 7.68. The van der Waals surface area contributed by atoms with E-state index >= 15 is 0 Å². The molecule has 39 heavy (non-hydrogen) atoms. The average molecular weight is 537 g/mol. The molecule has 1 aliphatic heterocycles. The van der Waals surface area contributed by atoms with Crippen LogP contribution in [-0.2, 0) is 12.6 Å². The molecule has 1 atom stereocenters. The molecule has 0 aliphatic carbocycles. The highest BCUT2D eigenvalue weighted by Gasteiger charge is 2.31. The summed E-state index contributed by atoms with van der Waals surface area (Å²) in [6.45, 7) is 11.5. The molecule has 1 aliphatic rings. The van der Waals surface area contributed by atoms with E-state index in [-0.39, 0.29) is 5.92 Å². The molecule has 0 aromatic heterocycles. The van der Waals surface area contributed by atoms with E-state index in [1.807, 2.05) is 36.4 Å². The molecule has 0 bridgehead atoms. The normalized spacial score (nSPS) is 14.1. The van der Waals surface area contributed by atoms with Gasteiger partial charge in [0.2, 0.25) is 0 Å². The van der Waals surface area contributed by atoms with Gasteiger partial charge in [-0.3, -0.25) is 0 Å². The van der Waals surface area contributed by atoms with E-state index in [9.17, 15) is 13.2 Å². The van der Waals surface area contributed by atoms with Crippen LogP contribution in [-0.4, -0.2) is 38.8 Å². The van der Waals surface area contributed by atoms with Gasteiger partial charge in [0.25, 0.3) is 0 Å². The molecule has 1 fully saturated rings. The number of hydrogen-bond donors (Lipinski definition) is 0. The number of halogens is 3. The van der Waals surface area contributed by atoms with E-state index in [1.54, 1.807) is 14.2 Å². The van der Waals surface area contributed by atoms with E-state index in [4.69, 9.17) is 9.47 Å². The second kappa shape index (κ2) is 12.3. The highest BCUT2D eigenvalue weighted by atomic mass is 19.4. The quantitative estimate of drug-likeness (QED) is 0.251. The summed E-state index contributed by atoms with van der Waals surface area (Å²) in [5, 5.41) is 0.